The van der Waals surface area contributed by atoms with Gasteiger partial charge >= 0.3 is 0 Å². The van der Waals surface area contributed by atoms with Crippen molar-refractivity contribution in [2.45, 2.75) is 19.8 Å². The molecule has 0 saturated heterocycles. The third kappa shape index (κ3) is 3.93. The summed E-state index contributed by atoms with van der Waals surface area (Å²) in [5.41, 5.74) is 4.84. The quantitative estimate of drug-likeness (QED) is 0.455. The Bertz CT molecular complexity index is 1080. The van der Waals surface area contributed by atoms with Crippen LogP contribution in [0.3, 0.4) is 0 Å². The number of hydrogen-bond donors (Lipinski definition) is 2. The maximum atomic E-state index is 12.5. The Balaban J connectivity index is 1.43. The zero-order valence-corrected chi connectivity index (χ0v) is 16.7. The number of fused-ring (bicyclic) bond motifs is 1. The summed E-state index contributed by atoms with van der Waals surface area (Å²) >= 11 is 7.68. The number of nitrogens with zero attached hydrogens (tertiary/aromatic N) is 1. The topological polar surface area (TPSA) is 70.6 Å². The van der Waals surface area contributed by atoms with Crippen LogP contribution in [0.2, 0.25) is 5.02 Å². The Kier molecular flexibility index (Phi) is 5.15. The summed E-state index contributed by atoms with van der Waals surface area (Å²) in [7, 11) is 0. The minimum atomic E-state index is -0.334. The lowest BCUT2D eigenvalue weighted by molar-refractivity contribution is -0.117. The van der Waals surface area contributed by atoms with Gasteiger partial charge in [0, 0.05) is 21.7 Å². The molecule has 4 rings (SSSR count). The van der Waals surface area contributed by atoms with E-state index in [1.54, 1.807) is 0 Å². The average Bonchev–Trinajstić information content (AvgIpc) is 3.51. The van der Waals surface area contributed by atoms with Crippen molar-refractivity contribution < 1.29 is 9.59 Å². The van der Waals surface area contributed by atoms with E-state index in [0.29, 0.717) is 15.6 Å². The van der Waals surface area contributed by atoms with E-state index in [4.69, 9.17) is 11.6 Å². The standard InChI is InChI=1S/C21H18ClN3O2S/c1-12(13-8-10-15(11-9-13)23-20(26)14-6-7-14)24-25-21(27)19-18(22)16-4-2-3-5-17(16)28-19/h2-5,8-11,14H,6-7H2,1H3,(H,23,26)(H,25,27). The van der Waals surface area contributed by atoms with Crippen LogP contribution >= 0.6 is 22.9 Å². The lowest BCUT2D eigenvalue weighted by Crippen LogP contribution is -2.18. The number of amides is 2. The Morgan fingerprint density at radius 2 is 1.82 bits per heavy atom. The van der Waals surface area contributed by atoms with Crippen LogP contribution < -0.4 is 10.7 Å². The highest BCUT2D eigenvalue weighted by Gasteiger charge is 2.29. The van der Waals surface area contributed by atoms with E-state index in [9.17, 15) is 9.59 Å². The summed E-state index contributed by atoms with van der Waals surface area (Å²) in [6, 6.07) is 15.0. The highest BCUT2D eigenvalue weighted by molar-refractivity contribution is 7.21. The summed E-state index contributed by atoms with van der Waals surface area (Å²) in [6.07, 6.45) is 1.94. The molecule has 0 atom stereocenters. The van der Waals surface area contributed by atoms with Gasteiger partial charge in [0.25, 0.3) is 5.91 Å². The van der Waals surface area contributed by atoms with Crippen LogP contribution in [0, 0.1) is 5.92 Å². The minimum Gasteiger partial charge on any atom is -0.326 e. The smallest absolute Gasteiger partial charge is 0.283 e. The number of anilines is 1. The zero-order valence-electron chi connectivity index (χ0n) is 15.2. The third-order valence-electron chi connectivity index (χ3n) is 4.58. The highest BCUT2D eigenvalue weighted by Crippen LogP contribution is 2.35. The van der Waals surface area contributed by atoms with E-state index >= 15 is 0 Å². The molecule has 1 heterocycles. The molecule has 0 bridgehead atoms. The molecule has 7 heteroatoms. The van der Waals surface area contributed by atoms with Gasteiger partial charge in [-0.25, -0.2) is 5.43 Å². The van der Waals surface area contributed by atoms with Crippen molar-refractivity contribution in [1.82, 2.24) is 5.43 Å². The lowest BCUT2D eigenvalue weighted by atomic mass is 10.1. The van der Waals surface area contributed by atoms with Crippen molar-refractivity contribution in [3.8, 4) is 0 Å². The molecule has 0 unspecified atom stereocenters. The Hall–Kier alpha value is -2.70. The van der Waals surface area contributed by atoms with Crippen molar-refractivity contribution in [2.75, 3.05) is 5.32 Å². The number of carbonyl (C=O) groups is 2. The molecule has 142 valence electrons. The molecule has 1 aliphatic rings. The van der Waals surface area contributed by atoms with E-state index < -0.39 is 0 Å². The molecule has 0 spiro atoms. The van der Waals surface area contributed by atoms with Gasteiger partial charge in [-0.15, -0.1) is 11.3 Å². The van der Waals surface area contributed by atoms with Crippen LogP contribution in [0.5, 0.6) is 0 Å². The maximum absolute atomic E-state index is 12.5. The van der Waals surface area contributed by atoms with E-state index in [1.165, 1.54) is 11.3 Å². The number of benzene rings is 2. The number of thiophene rings is 1. The molecule has 0 aliphatic heterocycles. The second-order valence-corrected chi connectivity index (χ2v) is 8.15. The molecule has 1 aliphatic carbocycles. The second-order valence-electron chi connectivity index (χ2n) is 6.72. The first-order valence-corrected chi connectivity index (χ1v) is 10.2. The minimum absolute atomic E-state index is 0.0746. The van der Waals surface area contributed by atoms with Crippen molar-refractivity contribution in [3.05, 3.63) is 64.0 Å². The monoisotopic (exact) mass is 411 g/mol. The first-order valence-electron chi connectivity index (χ1n) is 8.96. The van der Waals surface area contributed by atoms with Gasteiger partial charge in [0.2, 0.25) is 5.91 Å². The van der Waals surface area contributed by atoms with E-state index in [1.807, 2.05) is 55.5 Å². The van der Waals surface area contributed by atoms with Crippen molar-refractivity contribution in [3.63, 3.8) is 0 Å². The number of nitrogens with one attached hydrogen (secondary N) is 2. The fraction of sp³-hybridized carbons (Fsp3) is 0.190. The molecule has 28 heavy (non-hydrogen) atoms. The molecule has 2 amide bonds. The highest BCUT2D eigenvalue weighted by atomic mass is 35.5. The lowest BCUT2D eigenvalue weighted by Gasteiger charge is -2.06. The van der Waals surface area contributed by atoms with Gasteiger partial charge in [0.05, 0.1) is 10.7 Å². The van der Waals surface area contributed by atoms with Gasteiger partial charge in [-0.3, -0.25) is 9.59 Å². The van der Waals surface area contributed by atoms with Crippen LogP contribution in [-0.4, -0.2) is 17.5 Å². The predicted molar refractivity (Wildman–Crippen MR) is 114 cm³/mol. The first-order chi connectivity index (χ1) is 13.5. The van der Waals surface area contributed by atoms with Crippen LogP contribution in [0.1, 0.15) is 35.0 Å². The second kappa shape index (κ2) is 7.73. The molecule has 1 aromatic heterocycles. The van der Waals surface area contributed by atoms with Gasteiger partial charge < -0.3 is 5.32 Å². The molecular formula is C21H18ClN3O2S. The first kappa shape index (κ1) is 18.7. The van der Waals surface area contributed by atoms with Crippen LogP contribution in [0.25, 0.3) is 10.1 Å². The molecular weight excluding hydrogens is 394 g/mol. The average molecular weight is 412 g/mol. The molecule has 1 saturated carbocycles. The SMILES string of the molecule is CC(=NNC(=O)c1sc2ccccc2c1Cl)c1ccc(NC(=O)C2CC2)cc1. The zero-order chi connectivity index (χ0) is 19.7. The van der Waals surface area contributed by atoms with Crippen molar-refractivity contribution in [2.24, 2.45) is 11.0 Å². The Labute approximate surface area is 171 Å². The number of hydrogen-bond acceptors (Lipinski definition) is 4. The summed E-state index contributed by atoms with van der Waals surface area (Å²) < 4.78 is 0.960. The summed E-state index contributed by atoms with van der Waals surface area (Å²) in [4.78, 5) is 24.7. The van der Waals surface area contributed by atoms with Gasteiger partial charge in [-0.05, 0) is 43.5 Å². The van der Waals surface area contributed by atoms with E-state index in [-0.39, 0.29) is 17.7 Å². The molecule has 1 fully saturated rings. The van der Waals surface area contributed by atoms with Gasteiger partial charge in [-0.1, -0.05) is 41.9 Å². The van der Waals surface area contributed by atoms with Crippen LogP contribution in [-0.2, 0) is 4.79 Å². The Morgan fingerprint density at radius 1 is 1.11 bits per heavy atom. The summed E-state index contributed by atoms with van der Waals surface area (Å²) in [5.74, 6) is -0.0941. The fourth-order valence-corrected chi connectivity index (χ4v) is 4.20. The van der Waals surface area contributed by atoms with Crippen LogP contribution in [0.15, 0.2) is 53.6 Å². The van der Waals surface area contributed by atoms with E-state index in [0.717, 1.165) is 34.2 Å². The number of carbonyl (C=O) groups excluding carboxylic acids is 2. The number of halogens is 1. The molecule has 5 nitrogen and oxygen atoms in total. The molecule has 2 N–H and O–H groups in total. The number of hydrazone groups is 1. The fourth-order valence-electron chi connectivity index (χ4n) is 2.79. The summed E-state index contributed by atoms with van der Waals surface area (Å²) in [6.45, 7) is 1.81. The largest absolute Gasteiger partial charge is 0.326 e. The van der Waals surface area contributed by atoms with Crippen molar-refractivity contribution in [1.29, 1.82) is 0 Å². The normalized spacial score (nSPS) is 14.1. The van der Waals surface area contributed by atoms with Gasteiger partial charge in [-0.2, -0.15) is 5.10 Å². The van der Waals surface area contributed by atoms with E-state index in [2.05, 4.69) is 15.8 Å². The van der Waals surface area contributed by atoms with Gasteiger partial charge in [0.15, 0.2) is 0 Å². The molecule has 0 radical (unpaired) electrons. The Morgan fingerprint density at radius 3 is 2.50 bits per heavy atom. The third-order valence-corrected chi connectivity index (χ3v) is 6.26. The van der Waals surface area contributed by atoms with Crippen LogP contribution in [0.4, 0.5) is 5.69 Å². The van der Waals surface area contributed by atoms with Gasteiger partial charge in [0.1, 0.15) is 4.88 Å². The molecule has 3 aromatic rings. The summed E-state index contributed by atoms with van der Waals surface area (Å²) in [5, 5.41) is 8.40. The maximum Gasteiger partial charge on any atom is 0.283 e. The molecule has 2 aromatic carbocycles. The van der Waals surface area contributed by atoms with Crippen molar-refractivity contribution >= 4 is 56.2 Å². The number of rotatable bonds is 5. The predicted octanol–water partition coefficient (Wildman–Crippen LogP) is 5.06.